The number of hydrogen-bond donors (Lipinski definition) is 1. The number of nitrogens with zero attached hydrogens (tertiary/aromatic N) is 5. The lowest BCUT2D eigenvalue weighted by Gasteiger charge is -2.44. The number of likely N-dealkylation sites (tertiary alicyclic amines) is 1. The monoisotopic (exact) mass is 438 g/mol. The van der Waals surface area contributed by atoms with Crippen LogP contribution in [0.3, 0.4) is 0 Å². The molecule has 3 aromatic heterocycles. The van der Waals surface area contributed by atoms with Crippen molar-refractivity contribution in [1.82, 2.24) is 24.6 Å². The van der Waals surface area contributed by atoms with E-state index in [1.54, 1.807) is 11.1 Å². The molecule has 0 unspecified atom stereocenters. The van der Waals surface area contributed by atoms with Crippen molar-refractivity contribution in [2.45, 2.75) is 51.3 Å². The van der Waals surface area contributed by atoms with Gasteiger partial charge in [-0.05, 0) is 37.0 Å². The van der Waals surface area contributed by atoms with Crippen LogP contribution in [-0.2, 0) is 36.3 Å². The number of hydrogen-bond acceptors (Lipinski definition) is 7. The number of aryl methyl sites for hydroxylation is 1. The van der Waals surface area contributed by atoms with E-state index in [9.17, 15) is 0 Å². The van der Waals surface area contributed by atoms with Gasteiger partial charge < -0.3 is 10.1 Å². The first kappa shape index (κ1) is 20.6. The Hall–Kier alpha value is -2.29. The summed E-state index contributed by atoms with van der Waals surface area (Å²) in [5, 5.41) is 7.45. The minimum absolute atomic E-state index is 0.0626. The lowest BCUT2D eigenvalue weighted by atomic mass is 9.82. The summed E-state index contributed by atoms with van der Waals surface area (Å²) in [6.07, 6.45) is 11.9. The number of nitrogens with one attached hydrogen (secondary N) is 1. The van der Waals surface area contributed by atoms with E-state index in [1.165, 1.54) is 10.4 Å². The number of aromatic nitrogens is 4. The quantitative estimate of drug-likeness (QED) is 0.609. The Morgan fingerprint density at radius 1 is 1.23 bits per heavy atom. The van der Waals surface area contributed by atoms with E-state index < -0.39 is 0 Å². The molecule has 31 heavy (non-hydrogen) atoms. The Morgan fingerprint density at radius 2 is 2.06 bits per heavy atom. The van der Waals surface area contributed by atoms with Gasteiger partial charge in [-0.25, -0.2) is 9.97 Å². The van der Waals surface area contributed by atoms with Crippen molar-refractivity contribution in [3.63, 3.8) is 0 Å². The summed E-state index contributed by atoms with van der Waals surface area (Å²) in [6.45, 7) is 7.62. The molecule has 5 heterocycles. The first-order valence-corrected chi connectivity index (χ1v) is 12.1. The van der Waals surface area contributed by atoms with E-state index in [1.807, 2.05) is 40.7 Å². The molecule has 164 valence electrons. The van der Waals surface area contributed by atoms with Crippen molar-refractivity contribution in [2.75, 3.05) is 31.6 Å². The van der Waals surface area contributed by atoms with E-state index in [-0.39, 0.29) is 5.60 Å². The van der Waals surface area contributed by atoms with Gasteiger partial charge in [-0.15, -0.1) is 11.3 Å². The molecule has 1 fully saturated rings. The molecule has 5 rings (SSSR count). The van der Waals surface area contributed by atoms with Gasteiger partial charge in [0.25, 0.3) is 0 Å². The first-order chi connectivity index (χ1) is 15.2. The van der Waals surface area contributed by atoms with Crippen molar-refractivity contribution in [3.8, 4) is 0 Å². The highest BCUT2D eigenvalue weighted by Gasteiger charge is 2.41. The van der Waals surface area contributed by atoms with Crippen molar-refractivity contribution in [2.24, 2.45) is 0 Å². The summed E-state index contributed by atoms with van der Waals surface area (Å²) in [6, 6.07) is 4.34. The molecule has 0 aliphatic carbocycles. The minimum atomic E-state index is -0.0626. The molecule has 1 N–H and O–H groups in total. The second-order valence-electron chi connectivity index (χ2n) is 8.38. The number of anilines is 1. The molecule has 8 heteroatoms. The fraction of sp³-hybridized carbons (Fsp3) is 0.522. The molecule has 1 saturated heterocycles. The molecule has 0 amide bonds. The fourth-order valence-corrected chi connectivity index (χ4v) is 5.81. The zero-order chi connectivity index (χ0) is 21.1. The van der Waals surface area contributed by atoms with Gasteiger partial charge in [0.1, 0.15) is 0 Å². The SMILES string of the molecule is CCc1cc2c(s1)CCOC21CCN(Cc2cnc(NCCn3cccn3)nc2)CC1. The normalized spacial score (nSPS) is 18.2. The van der Waals surface area contributed by atoms with E-state index in [4.69, 9.17) is 4.74 Å². The van der Waals surface area contributed by atoms with Gasteiger partial charge in [-0.1, -0.05) is 6.92 Å². The van der Waals surface area contributed by atoms with Crippen LogP contribution in [0.4, 0.5) is 5.95 Å². The van der Waals surface area contributed by atoms with E-state index in [2.05, 4.69) is 38.3 Å². The lowest BCUT2D eigenvalue weighted by Crippen LogP contribution is -2.45. The average Bonchev–Trinajstić information content (AvgIpc) is 3.47. The highest BCUT2D eigenvalue weighted by molar-refractivity contribution is 7.12. The van der Waals surface area contributed by atoms with E-state index >= 15 is 0 Å². The molecule has 0 aromatic carbocycles. The van der Waals surface area contributed by atoms with Gasteiger partial charge in [0, 0.05) is 72.7 Å². The van der Waals surface area contributed by atoms with Crippen LogP contribution in [-0.4, -0.2) is 50.9 Å². The van der Waals surface area contributed by atoms with Crippen molar-refractivity contribution >= 4 is 17.3 Å². The van der Waals surface area contributed by atoms with Gasteiger partial charge in [-0.2, -0.15) is 5.10 Å². The molecule has 2 aliphatic heterocycles. The second kappa shape index (κ2) is 9.06. The van der Waals surface area contributed by atoms with E-state index in [0.29, 0.717) is 5.95 Å². The van der Waals surface area contributed by atoms with Gasteiger partial charge in [0.05, 0.1) is 18.8 Å². The van der Waals surface area contributed by atoms with Gasteiger partial charge in [0.2, 0.25) is 5.95 Å². The topological polar surface area (TPSA) is 68.1 Å². The molecule has 0 saturated carbocycles. The Balaban J connectivity index is 1.14. The highest BCUT2D eigenvalue weighted by atomic mass is 32.1. The zero-order valence-electron chi connectivity index (χ0n) is 18.1. The Bertz CT molecular complexity index is 976. The number of fused-ring (bicyclic) bond motifs is 2. The van der Waals surface area contributed by atoms with Crippen LogP contribution in [0, 0.1) is 0 Å². The maximum atomic E-state index is 6.41. The predicted octanol–water partition coefficient (Wildman–Crippen LogP) is 3.47. The maximum absolute atomic E-state index is 6.41. The van der Waals surface area contributed by atoms with Crippen LogP contribution in [0.5, 0.6) is 0 Å². The zero-order valence-corrected chi connectivity index (χ0v) is 18.9. The summed E-state index contributed by atoms with van der Waals surface area (Å²) >= 11 is 1.99. The summed E-state index contributed by atoms with van der Waals surface area (Å²) < 4.78 is 8.30. The summed E-state index contributed by atoms with van der Waals surface area (Å²) in [7, 11) is 0. The van der Waals surface area contributed by atoms with Crippen LogP contribution in [0.15, 0.2) is 36.9 Å². The number of piperidine rings is 1. The third-order valence-electron chi connectivity index (χ3n) is 6.37. The molecule has 1 spiro atoms. The summed E-state index contributed by atoms with van der Waals surface area (Å²) in [4.78, 5) is 14.5. The molecule has 0 atom stereocenters. The van der Waals surface area contributed by atoms with Gasteiger partial charge >= 0.3 is 0 Å². The molecular weight excluding hydrogens is 408 g/mol. The summed E-state index contributed by atoms with van der Waals surface area (Å²) in [5.74, 6) is 0.667. The third kappa shape index (κ3) is 4.51. The summed E-state index contributed by atoms with van der Waals surface area (Å²) in [5.41, 5.74) is 2.57. The van der Waals surface area contributed by atoms with Crippen LogP contribution in [0.2, 0.25) is 0 Å². The van der Waals surface area contributed by atoms with Gasteiger partial charge in [0.15, 0.2) is 0 Å². The number of thiophene rings is 1. The molecule has 2 aliphatic rings. The Morgan fingerprint density at radius 3 is 2.81 bits per heavy atom. The molecular formula is C23H30N6OS. The second-order valence-corrected chi connectivity index (χ2v) is 9.60. The van der Waals surface area contributed by atoms with E-state index in [0.717, 1.165) is 70.6 Å². The minimum Gasteiger partial charge on any atom is -0.370 e. The largest absolute Gasteiger partial charge is 0.370 e. The third-order valence-corrected chi connectivity index (χ3v) is 7.70. The van der Waals surface area contributed by atoms with Crippen molar-refractivity contribution < 1.29 is 4.74 Å². The van der Waals surface area contributed by atoms with Crippen molar-refractivity contribution in [3.05, 3.63) is 57.8 Å². The first-order valence-electron chi connectivity index (χ1n) is 11.2. The standard InChI is InChI=1S/C23H30N6OS/c1-2-19-14-20-21(31-19)4-13-30-23(20)5-10-28(11-6-23)17-18-15-25-22(26-16-18)24-8-12-29-9-3-7-27-29/h3,7,9,14-16H,2,4-6,8,10-13,17H2,1H3,(H,24,25,26). The smallest absolute Gasteiger partial charge is 0.222 e. The molecule has 3 aromatic rings. The maximum Gasteiger partial charge on any atom is 0.222 e. The highest BCUT2D eigenvalue weighted by Crippen LogP contribution is 2.44. The predicted molar refractivity (Wildman–Crippen MR) is 122 cm³/mol. The van der Waals surface area contributed by atoms with Crippen LogP contribution >= 0.6 is 11.3 Å². The molecule has 0 radical (unpaired) electrons. The molecule has 7 nitrogen and oxygen atoms in total. The Kier molecular flexibility index (Phi) is 6.02. The Labute approximate surface area is 187 Å². The van der Waals surface area contributed by atoms with Gasteiger partial charge in [-0.3, -0.25) is 9.58 Å². The van der Waals surface area contributed by atoms with Crippen molar-refractivity contribution in [1.29, 1.82) is 0 Å². The molecule has 0 bridgehead atoms. The van der Waals surface area contributed by atoms with Crippen LogP contribution in [0.1, 0.15) is 40.6 Å². The van der Waals surface area contributed by atoms with Crippen LogP contribution in [0.25, 0.3) is 0 Å². The lowest BCUT2D eigenvalue weighted by molar-refractivity contribution is -0.0981. The number of ether oxygens (including phenoxy) is 1. The number of rotatable bonds is 7. The fourth-order valence-electron chi connectivity index (χ4n) is 4.63. The average molecular weight is 439 g/mol. The van der Waals surface area contributed by atoms with Crippen LogP contribution < -0.4 is 5.32 Å².